The number of benzene rings is 1. The highest BCUT2D eigenvalue weighted by molar-refractivity contribution is 5.97. The van der Waals surface area contributed by atoms with Gasteiger partial charge in [0.25, 0.3) is 5.91 Å². The van der Waals surface area contributed by atoms with Gasteiger partial charge in [0.1, 0.15) is 6.04 Å². The normalized spacial score (nSPS) is 31.6. The minimum atomic E-state index is -0.465. The third kappa shape index (κ3) is 2.57. The Morgan fingerprint density at radius 1 is 1.04 bits per heavy atom. The molecule has 5 fully saturated rings. The fraction of sp³-hybridized carbons (Fsp3) is 0.636. The van der Waals surface area contributed by atoms with Crippen molar-refractivity contribution in [3.05, 3.63) is 35.4 Å². The minimum absolute atomic E-state index is 0.0549. The van der Waals surface area contributed by atoms with Crippen LogP contribution in [0, 0.1) is 11.3 Å². The lowest BCUT2D eigenvalue weighted by Gasteiger charge is -2.62. The van der Waals surface area contributed by atoms with E-state index in [2.05, 4.69) is 17.4 Å². The molecule has 2 bridgehead atoms. The first-order valence-corrected chi connectivity index (χ1v) is 10.2. The van der Waals surface area contributed by atoms with Crippen LogP contribution >= 0.6 is 0 Å². The number of hydrogen-bond acceptors (Lipinski definition) is 2. The second-order valence-electron chi connectivity index (χ2n) is 9.36. The zero-order valence-corrected chi connectivity index (χ0v) is 15.6. The van der Waals surface area contributed by atoms with Crippen LogP contribution < -0.4 is 5.32 Å². The Bertz CT molecular complexity index is 723. The molecule has 4 aliphatic carbocycles. The van der Waals surface area contributed by atoms with Crippen LogP contribution in [-0.4, -0.2) is 35.8 Å². The summed E-state index contributed by atoms with van der Waals surface area (Å²) in [5, 5.41) is 2.90. The third-order valence-corrected chi connectivity index (χ3v) is 7.61. The molecule has 4 nitrogen and oxygen atoms in total. The lowest BCUT2D eigenvalue weighted by atomic mass is 9.42. The lowest BCUT2D eigenvalue weighted by Crippen LogP contribution is -2.55. The van der Waals surface area contributed by atoms with Gasteiger partial charge in [0, 0.05) is 18.7 Å². The predicted octanol–water partition coefficient (Wildman–Crippen LogP) is 3.26. The molecule has 1 aromatic rings. The summed E-state index contributed by atoms with van der Waals surface area (Å²) in [5.41, 5.74) is 3.01. The maximum Gasteiger partial charge on any atom is 0.251 e. The smallest absolute Gasteiger partial charge is 0.251 e. The van der Waals surface area contributed by atoms with Gasteiger partial charge in [-0.2, -0.15) is 0 Å². The van der Waals surface area contributed by atoms with E-state index in [4.69, 9.17) is 0 Å². The number of piperidine rings is 1. The van der Waals surface area contributed by atoms with Crippen molar-refractivity contribution in [3.8, 4) is 0 Å². The first-order valence-electron chi connectivity index (χ1n) is 10.2. The zero-order chi connectivity index (χ0) is 17.9. The van der Waals surface area contributed by atoms with Gasteiger partial charge >= 0.3 is 0 Å². The molecule has 5 aliphatic rings. The third-order valence-electron chi connectivity index (χ3n) is 7.61. The van der Waals surface area contributed by atoms with E-state index in [1.54, 1.807) is 6.92 Å². The molecule has 26 heavy (non-hydrogen) atoms. The van der Waals surface area contributed by atoms with Crippen molar-refractivity contribution in [3.63, 3.8) is 0 Å². The van der Waals surface area contributed by atoms with Crippen molar-refractivity contribution < 1.29 is 9.59 Å². The maximum absolute atomic E-state index is 12.6. The number of carbonyl (C=O) groups is 2. The fourth-order valence-electron chi connectivity index (χ4n) is 5.30. The van der Waals surface area contributed by atoms with E-state index in [9.17, 15) is 9.59 Å². The Kier molecular flexibility index (Phi) is 3.51. The molecule has 0 aromatic heterocycles. The van der Waals surface area contributed by atoms with Crippen molar-refractivity contribution in [2.45, 2.75) is 63.3 Å². The number of carbonyl (C=O) groups excluding carboxylic acids is 2. The Balaban J connectivity index is 1.17. The number of likely N-dealkylation sites (tertiary alicyclic amines) is 1. The first-order chi connectivity index (χ1) is 12.5. The number of amides is 2. The summed E-state index contributed by atoms with van der Waals surface area (Å²) in [4.78, 5) is 27.1. The summed E-state index contributed by atoms with van der Waals surface area (Å²) in [7, 11) is 0. The second-order valence-corrected chi connectivity index (χ2v) is 9.36. The lowest BCUT2D eigenvalue weighted by molar-refractivity contribution is -0.134. The maximum atomic E-state index is 12.6. The van der Waals surface area contributed by atoms with Crippen molar-refractivity contribution >= 4 is 11.8 Å². The Hall–Kier alpha value is -1.84. The molecule has 1 atom stereocenters. The van der Waals surface area contributed by atoms with Crippen molar-refractivity contribution in [2.24, 2.45) is 11.3 Å². The van der Waals surface area contributed by atoms with Crippen molar-refractivity contribution in [2.75, 3.05) is 13.1 Å². The van der Waals surface area contributed by atoms with E-state index >= 15 is 0 Å². The first kappa shape index (κ1) is 16.3. The molecule has 1 unspecified atom stereocenters. The van der Waals surface area contributed by atoms with Crippen molar-refractivity contribution in [1.82, 2.24) is 10.2 Å². The summed E-state index contributed by atoms with van der Waals surface area (Å²) in [6.07, 6.45) is 8.88. The van der Waals surface area contributed by atoms with Gasteiger partial charge in [-0.3, -0.25) is 9.59 Å². The molecule has 4 saturated carbocycles. The van der Waals surface area contributed by atoms with Gasteiger partial charge in [0.05, 0.1) is 0 Å². The van der Waals surface area contributed by atoms with E-state index in [0.29, 0.717) is 16.4 Å². The summed E-state index contributed by atoms with van der Waals surface area (Å²) in [5.74, 6) is 0.861. The molecular weight excluding hydrogens is 324 g/mol. The van der Waals surface area contributed by atoms with Gasteiger partial charge in [0.2, 0.25) is 5.91 Å². The molecule has 1 aliphatic heterocycles. The van der Waals surface area contributed by atoms with Gasteiger partial charge in [-0.15, -0.1) is 0 Å². The van der Waals surface area contributed by atoms with E-state index in [1.807, 2.05) is 17.0 Å². The highest BCUT2D eigenvalue weighted by atomic mass is 16.2. The molecule has 1 spiro atoms. The van der Waals surface area contributed by atoms with Gasteiger partial charge in [-0.1, -0.05) is 12.1 Å². The van der Waals surface area contributed by atoms with E-state index in [1.165, 1.54) is 37.7 Å². The van der Waals surface area contributed by atoms with E-state index < -0.39 is 6.04 Å². The summed E-state index contributed by atoms with van der Waals surface area (Å²) < 4.78 is 0. The van der Waals surface area contributed by atoms with Crippen LogP contribution in [0.5, 0.6) is 0 Å². The molecule has 0 radical (unpaired) electrons. The highest BCUT2D eigenvalue weighted by Gasteiger charge is 2.57. The quantitative estimate of drug-likeness (QED) is 0.904. The van der Waals surface area contributed by atoms with Gasteiger partial charge in [-0.25, -0.2) is 0 Å². The monoisotopic (exact) mass is 352 g/mol. The van der Waals surface area contributed by atoms with E-state index in [0.717, 1.165) is 31.8 Å². The van der Waals surface area contributed by atoms with Crippen LogP contribution in [0.4, 0.5) is 0 Å². The molecular formula is C22H28N2O2. The van der Waals surface area contributed by atoms with Gasteiger partial charge in [0.15, 0.2) is 0 Å². The molecule has 2 amide bonds. The van der Waals surface area contributed by atoms with Crippen LogP contribution in [0.25, 0.3) is 0 Å². The fourth-order valence-corrected chi connectivity index (χ4v) is 5.30. The number of nitrogens with one attached hydrogen (secondary N) is 1. The predicted molar refractivity (Wildman–Crippen MR) is 99.9 cm³/mol. The minimum Gasteiger partial charge on any atom is -0.341 e. The molecule has 1 N–H and O–H groups in total. The standard InChI is InChI=1S/C22H28N2O2/c1-15(20(26)24-10-8-21(6-7-21)9-11-24)23-19(25)17-2-4-18(5-3-17)22-12-16(13-22)14-22/h2-5,15-16H,6-14H2,1H3,(H,23,25). The summed E-state index contributed by atoms with van der Waals surface area (Å²) in [6, 6.07) is 7.58. The SMILES string of the molecule is CC(NC(=O)c1ccc(C23CC(C2)C3)cc1)C(=O)N1CCC2(CC1)CC2. The van der Waals surface area contributed by atoms with Crippen LogP contribution in [0.15, 0.2) is 24.3 Å². The van der Waals surface area contributed by atoms with Crippen LogP contribution in [0.1, 0.15) is 67.8 Å². The molecule has 1 heterocycles. The Labute approximate surface area is 155 Å². The average molecular weight is 352 g/mol. The van der Waals surface area contributed by atoms with Gasteiger partial charge < -0.3 is 10.2 Å². The summed E-state index contributed by atoms with van der Waals surface area (Å²) in [6.45, 7) is 3.49. The average Bonchev–Trinajstić information content (AvgIpc) is 3.32. The molecule has 6 rings (SSSR count). The molecule has 138 valence electrons. The molecule has 1 aromatic carbocycles. The second kappa shape index (κ2) is 5.58. The topological polar surface area (TPSA) is 49.4 Å². The highest BCUT2D eigenvalue weighted by Crippen LogP contribution is 2.65. The van der Waals surface area contributed by atoms with Crippen LogP contribution in [-0.2, 0) is 10.2 Å². The Morgan fingerprint density at radius 2 is 1.65 bits per heavy atom. The molecule has 1 saturated heterocycles. The van der Waals surface area contributed by atoms with Crippen LogP contribution in [0.2, 0.25) is 0 Å². The number of nitrogens with zero attached hydrogens (tertiary/aromatic N) is 1. The Morgan fingerprint density at radius 3 is 2.15 bits per heavy atom. The number of rotatable bonds is 4. The van der Waals surface area contributed by atoms with Crippen molar-refractivity contribution in [1.29, 1.82) is 0 Å². The molecule has 4 heteroatoms. The van der Waals surface area contributed by atoms with Gasteiger partial charge in [-0.05, 0) is 86.3 Å². The summed E-state index contributed by atoms with van der Waals surface area (Å²) >= 11 is 0. The number of hydrogen-bond donors (Lipinski definition) is 1. The largest absolute Gasteiger partial charge is 0.341 e. The van der Waals surface area contributed by atoms with E-state index in [-0.39, 0.29) is 11.8 Å². The van der Waals surface area contributed by atoms with Crippen LogP contribution in [0.3, 0.4) is 0 Å². The zero-order valence-electron chi connectivity index (χ0n) is 15.6.